The molecular formula is C6H12BrNO5. The van der Waals surface area contributed by atoms with E-state index in [1.807, 2.05) is 0 Å². The van der Waals surface area contributed by atoms with Crippen LogP contribution in [-0.4, -0.2) is 52.6 Å². The van der Waals surface area contributed by atoms with E-state index in [4.69, 9.17) is 15.6 Å². The highest BCUT2D eigenvalue weighted by molar-refractivity contribution is 9.06. The van der Waals surface area contributed by atoms with Crippen LogP contribution < -0.4 is 5.73 Å². The summed E-state index contributed by atoms with van der Waals surface area (Å²) in [5.74, 6) is 0. The minimum Gasteiger partial charge on any atom is -0.394 e. The molecule has 7 heteroatoms. The van der Waals surface area contributed by atoms with Gasteiger partial charge < -0.3 is 25.8 Å². The highest BCUT2D eigenvalue weighted by Crippen LogP contribution is 2.21. The lowest BCUT2D eigenvalue weighted by molar-refractivity contribution is -0.233. The first kappa shape index (κ1) is 11.3. The molecule has 0 spiro atoms. The minimum absolute atomic E-state index is 0.405. The van der Waals surface area contributed by atoms with Crippen LogP contribution in [0, 0.1) is 0 Å². The molecule has 0 bridgehead atoms. The summed E-state index contributed by atoms with van der Waals surface area (Å²) >= 11 is 2.68. The van der Waals surface area contributed by atoms with Gasteiger partial charge in [0.15, 0.2) is 6.29 Å². The molecule has 0 aromatic rings. The summed E-state index contributed by atoms with van der Waals surface area (Å²) in [6.07, 6.45) is -4.12. The van der Waals surface area contributed by atoms with E-state index in [0.29, 0.717) is 0 Å². The normalized spacial score (nSPS) is 46.4. The van der Waals surface area contributed by atoms with E-state index < -0.39 is 37.3 Å². The molecule has 0 aromatic heterocycles. The average Bonchev–Trinajstić information content (AvgIpc) is 2.15. The number of nitrogens with two attached hydrogens (primary N) is 1. The zero-order chi connectivity index (χ0) is 10.0. The van der Waals surface area contributed by atoms with Gasteiger partial charge in [-0.1, -0.05) is 0 Å². The Balaban J connectivity index is 2.66. The molecule has 0 saturated carbocycles. The van der Waals surface area contributed by atoms with E-state index >= 15 is 0 Å². The third-order valence-electron chi connectivity index (χ3n) is 2.02. The molecular weight excluding hydrogens is 246 g/mol. The number of rotatable bonds is 2. The van der Waals surface area contributed by atoms with Gasteiger partial charge in [-0.2, -0.15) is 0 Å². The Hall–Kier alpha value is 0.240. The number of aliphatic hydroxyl groups is 3. The van der Waals surface area contributed by atoms with E-state index in [2.05, 4.69) is 20.1 Å². The van der Waals surface area contributed by atoms with Gasteiger partial charge in [0.25, 0.3) is 0 Å². The van der Waals surface area contributed by atoms with Gasteiger partial charge in [0.05, 0.1) is 12.6 Å². The van der Waals surface area contributed by atoms with Crippen LogP contribution in [0.5, 0.6) is 0 Å². The van der Waals surface area contributed by atoms with Gasteiger partial charge >= 0.3 is 0 Å². The van der Waals surface area contributed by atoms with Crippen molar-refractivity contribution in [3.63, 3.8) is 0 Å². The van der Waals surface area contributed by atoms with E-state index in [-0.39, 0.29) is 0 Å². The molecule has 1 rings (SSSR count). The monoisotopic (exact) mass is 257 g/mol. The highest BCUT2D eigenvalue weighted by atomic mass is 79.9. The quantitative estimate of drug-likeness (QED) is 0.460. The van der Waals surface area contributed by atoms with Crippen molar-refractivity contribution in [2.75, 3.05) is 6.61 Å². The Morgan fingerprint density at radius 1 is 1.38 bits per heavy atom. The van der Waals surface area contributed by atoms with E-state index in [1.165, 1.54) is 0 Å². The van der Waals surface area contributed by atoms with Crippen molar-refractivity contribution >= 4 is 16.3 Å². The molecule has 1 fully saturated rings. The topological polar surface area (TPSA) is 105 Å². The Morgan fingerprint density at radius 2 is 2.00 bits per heavy atom. The van der Waals surface area contributed by atoms with Crippen LogP contribution in [0.2, 0.25) is 0 Å². The molecule has 78 valence electrons. The van der Waals surface area contributed by atoms with E-state index in [0.717, 1.165) is 0 Å². The predicted octanol–water partition coefficient (Wildman–Crippen LogP) is -1.92. The summed E-state index contributed by atoms with van der Waals surface area (Å²) in [6.45, 7) is -0.405. The van der Waals surface area contributed by atoms with Gasteiger partial charge in [-0.05, 0) is 0 Å². The number of hydrogen-bond acceptors (Lipinski definition) is 6. The maximum atomic E-state index is 9.38. The molecule has 0 radical (unpaired) electrons. The van der Waals surface area contributed by atoms with Crippen LogP contribution >= 0.6 is 16.3 Å². The lowest BCUT2D eigenvalue weighted by atomic mass is 9.98. The lowest BCUT2D eigenvalue weighted by Crippen LogP contribution is -2.61. The molecule has 1 heterocycles. The Labute approximate surface area is 83.7 Å². The second-order valence-corrected chi connectivity index (χ2v) is 3.25. The Morgan fingerprint density at radius 3 is 2.46 bits per heavy atom. The summed E-state index contributed by atoms with van der Waals surface area (Å²) in [5, 5.41) is 27.5. The zero-order valence-electron chi connectivity index (χ0n) is 6.71. The standard InChI is InChI=1S/C6H12BrNO5/c7-13-6-3(8)5(11)4(10)2(1-9)12-6/h2-6,9-11H,1,8H2/t2-,3-,4-,5-,6?/m1/s1. The molecule has 5 N–H and O–H groups in total. The summed E-state index contributed by atoms with van der Waals surface area (Å²) < 4.78 is 9.66. The second kappa shape index (κ2) is 4.65. The van der Waals surface area contributed by atoms with Crippen molar-refractivity contribution in [2.45, 2.75) is 30.6 Å². The van der Waals surface area contributed by atoms with Crippen molar-refractivity contribution in [1.29, 1.82) is 0 Å². The Bertz CT molecular complexity index is 151. The highest BCUT2D eigenvalue weighted by Gasteiger charge is 2.42. The molecule has 1 aliphatic heterocycles. The first-order valence-electron chi connectivity index (χ1n) is 3.77. The first-order valence-corrected chi connectivity index (χ1v) is 4.42. The van der Waals surface area contributed by atoms with Gasteiger partial charge in [0, 0.05) is 0 Å². The summed E-state index contributed by atoms with van der Waals surface area (Å²) in [6, 6.07) is -0.850. The van der Waals surface area contributed by atoms with Crippen molar-refractivity contribution in [2.24, 2.45) is 5.73 Å². The largest absolute Gasteiger partial charge is 0.394 e. The molecule has 1 unspecified atom stereocenters. The molecule has 1 saturated heterocycles. The maximum Gasteiger partial charge on any atom is 0.188 e. The Kier molecular flexibility index (Phi) is 4.05. The molecule has 0 aromatic carbocycles. The third-order valence-corrected chi connectivity index (χ3v) is 2.38. The van der Waals surface area contributed by atoms with Crippen molar-refractivity contribution < 1.29 is 23.9 Å². The second-order valence-electron chi connectivity index (χ2n) is 2.87. The lowest BCUT2D eigenvalue weighted by Gasteiger charge is -2.39. The molecule has 6 nitrogen and oxygen atoms in total. The number of halogens is 1. The smallest absolute Gasteiger partial charge is 0.188 e. The van der Waals surface area contributed by atoms with Crippen LogP contribution in [0.15, 0.2) is 0 Å². The van der Waals surface area contributed by atoms with Gasteiger partial charge in [0.2, 0.25) is 0 Å². The first-order chi connectivity index (χ1) is 6.11. The minimum atomic E-state index is -1.20. The predicted molar refractivity (Wildman–Crippen MR) is 45.7 cm³/mol. The number of aliphatic hydroxyl groups excluding tert-OH is 3. The van der Waals surface area contributed by atoms with Crippen molar-refractivity contribution in [1.82, 2.24) is 0 Å². The van der Waals surface area contributed by atoms with Gasteiger partial charge in [0.1, 0.15) is 34.6 Å². The van der Waals surface area contributed by atoms with Crippen molar-refractivity contribution in [3.05, 3.63) is 0 Å². The third kappa shape index (κ3) is 2.18. The van der Waals surface area contributed by atoms with E-state index in [9.17, 15) is 10.2 Å². The molecule has 1 aliphatic rings. The van der Waals surface area contributed by atoms with E-state index in [1.54, 1.807) is 0 Å². The summed E-state index contributed by atoms with van der Waals surface area (Å²) in [7, 11) is 0. The maximum absolute atomic E-state index is 9.38. The van der Waals surface area contributed by atoms with Crippen LogP contribution in [0.4, 0.5) is 0 Å². The summed E-state index contributed by atoms with van der Waals surface area (Å²) in [4.78, 5) is 0. The molecule has 13 heavy (non-hydrogen) atoms. The molecule has 0 amide bonds. The van der Waals surface area contributed by atoms with Crippen LogP contribution in [0.25, 0.3) is 0 Å². The van der Waals surface area contributed by atoms with Gasteiger partial charge in [-0.25, -0.2) is 0 Å². The zero-order valence-corrected chi connectivity index (χ0v) is 8.29. The number of ether oxygens (including phenoxy) is 1. The fraction of sp³-hybridized carbons (Fsp3) is 1.00. The molecule has 5 atom stereocenters. The fourth-order valence-electron chi connectivity index (χ4n) is 1.18. The average molecular weight is 258 g/mol. The van der Waals surface area contributed by atoms with Crippen LogP contribution in [0.1, 0.15) is 0 Å². The van der Waals surface area contributed by atoms with Crippen LogP contribution in [0.3, 0.4) is 0 Å². The fourth-order valence-corrected chi connectivity index (χ4v) is 1.52. The SMILES string of the molecule is N[C@H]1C(OBr)O[C@H](CO)[C@@H](O)[C@@H]1O. The van der Waals surface area contributed by atoms with Gasteiger partial charge in [-0.3, -0.25) is 3.83 Å². The van der Waals surface area contributed by atoms with Crippen molar-refractivity contribution in [3.8, 4) is 0 Å². The van der Waals surface area contributed by atoms with Crippen LogP contribution in [-0.2, 0) is 8.57 Å². The number of hydrogen-bond donors (Lipinski definition) is 4. The molecule has 0 aliphatic carbocycles. The van der Waals surface area contributed by atoms with Gasteiger partial charge in [-0.15, -0.1) is 0 Å². The summed E-state index contributed by atoms with van der Waals surface area (Å²) in [5.41, 5.74) is 5.47.